The van der Waals surface area contributed by atoms with Gasteiger partial charge >= 0.3 is 0 Å². The average molecular weight is 163 g/mol. The van der Waals surface area contributed by atoms with Gasteiger partial charge in [-0.05, 0) is 25.2 Å². The molecule has 1 atom stereocenters. The molecule has 0 bridgehead atoms. The summed E-state index contributed by atoms with van der Waals surface area (Å²) in [7, 11) is 0. The Balaban J connectivity index is 3.46. The molecule has 0 spiro atoms. The van der Waals surface area contributed by atoms with Crippen molar-refractivity contribution in [2.24, 2.45) is 5.41 Å². The SMILES string of the molecule is CCC(C)(C)CCC(C)Cl. The maximum absolute atomic E-state index is 5.84. The lowest BCUT2D eigenvalue weighted by Crippen LogP contribution is -2.11. The number of rotatable bonds is 4. The highest BCUT2D eigenvalue weighted by molar-refractivity contribution is 6.20. The Morgan fingerprint density at radius 1 is 1.40 bits per heavy atom. The molecule has 0 aliphatic rings. The predicted molar refractivity (Wildman–Crippen MR) is 48.6 cm³/mol. The highest BCUT2D eigenvalue weighted by atomic mass is 35.5. The van der Waals surface area contributed by atoms with Crippen molar-refractivity contribution in [2.45, 2.75) is 52.3 Å². The molecule has 1 heteroatoms. The van der Waals surface area contributed by atoms with Gasteiger partial charge in [0.2, 0.25) is 0 Å². The summed E-state index contributed by atoms with van der Waals surface area (Å²) in [6, 6.07) is 0. The van der Waals surface area contributed by atoms with Gasteiger partial charge in [0, 0.05) is 5.38 Å². The Hall–Kier alpha value is 0.290. The third-order valence-corrected chi connectivity index (χ3v) is 2.39. The van der Waals surface area contributed by atoms with E-state index in [1.54, 1.807) is 0 Å². The third-order valence-electron chi connectivity index (χ3n) is 2.18. The quantitative estimate of drug-likeness (QED) is 0.552. The minimum atomic E-state index is 0.339. The first kappa shape index (κ1) is 10.3. The van der Waals surface area contributed by atoms with Crippen LogP contribution in [0, 0.1) is 5.41 Å². The summed E-state index contributed by atoms with van der Waals surface area (Å²) in [5.74, 6) is 0. The monoisotopic (exact) mass is 162 g/mol. The first-order chi connectivity index (χ1) is 4.48. The highest BCUT2D eigenvalue weighted by Gasteiger charge is 2.15. The van der Waals surface area contributed by atoms with Crippen LogP contribution in [0.2, 0.25) is 0 Å². The van der Waals surface area contributed by atoms with Gasteiger partial charge in [-0.2, -0.15) is 0 Å². The lowest BCUT2D eigenvalue weighted by Gasteiger charge is -2.22. The van der Waals surface area contributed by atoms with Gasteiger partial charge in [-0.15, -0.1) is 11.6 Å². The first-order valence-electron chi connectivity index (χ1n) is 4.12. The average Bonchev–Trinajstić information content (AvgIpc) is 1.85. The maximum Gasteiger partial charge on any atom is 0.0308 e. The third kappa shape index (κ3) is 5.10. The van der Waals surface area contributed by atoms with E-state index in [0.29, 0.717) is 10.8 Å². The number of alkyl halides is 1. The van der Waals surface area contributed by atoms with E-state index in [-0.39, 0.29) is 0 Å². The van der Waals surface area contributed by atoms with Crippen LogP contribution in [-0.2, 0) is 0 Å². The fraction of sp³-hybridized carbons (Fsp3) is 1.00. The smallest absolute Gasteiger partial charge is 0.0308 e. The van der Waals surface area contributed by atoms with Crippen LogP contribution >= 0.6 is 11.6 Å². The fourth-order valence-electron chi connectivity index (χ4n) is 0.766. The second-order valence-corrected chi connectivity index (χ2v) is 4.58. The van der Waals surface area contributed by atoms with Crippen LogP contribution in [0.15, 0.2) is 0 Å². The van der Waals surface area contributed by atoms with Crippen molar-refractivity contribution in [3.8, 4) is 0 Å². The molecule has 0 saturated carbocycles. The summed E-state index contributed by atoms with van der Waals surface area (Å²) in [5.41, 5.74) is 0.489. The van der Waals surface area contributed by atoms with Crippen molar-refractivity contribution < 1.29 is 0 Å². The van der Waals surface area contributed by atoms with Gasteiger partial charge < -0.3 is 0 Å². The van der Waals surface area contributed by atoms with Crippen molar-refractivity contribution in [1.29, 1.82) is 0 Å². The van der Waals surface area contributed by atoms with E-state index < -0.39 is 0 Å². The molecule has 0 rings (SSSR count). The molecule has 1 unspecified atom stereocenters. The summed E-state index contributed by atoms with van der Waals surface area (Å²) >= 11 is 5.84. The molecule has 0 heterocycles. The Morgan fingerprint density at radius 2 is 1.90 bits per heavy atom. The van der Waals surface area contributed by atoms with E-state index in [1.165, 1.54) is 12.8 Å². The normalized spacial score (nSPS) is 15.3. The number of halogens is 1. The standard InChI is InChI=1S/C9H19Cl/c1-5-9(3,4)7-6-8(2)10/h8H,5-7H2,1-4H3. The Morgan fingerprint density at radius 3 is 2.20 bits per heavy atom. The zero-order chi connectivity index (χ0) is 8.20. The summed E-state index contributed by atoms with van der Waals surface area (Å²) in [6.07, 6.45) is 3.63. The second-order valence-electron chi connectivity index (χ2n) is 3.84. The van der Waals surface area contributed by atoms with Crippen molar-refractivity contribution >= 4 is 11.6 Å². The van der Waals surface area contributed by atoms with E-state index in [9.17, 15) is 0 Å². The van der Waals surface area contributed by atoms with E-state index in [1.807, 2.05) is 0 Å². The molecule has 10 heavy (non-hydrogen) atoms. The van der Waals surface area contributed by atoms with Gasteiger partial charge in [-0.25, -0.2) is 0 Å². The van der Waals surface area contributed by atoms with Crippen LogP contribution in [0.25, 0.3) is 0 Å². The molecule has 0 fully saturated rings. The van der Waals surface area contributed by atoms with Gasteiger partial charge in [0.25, 0.3) is 0 Å². The number of hydrogen-bond acceptors (Lipinski definition) is 0. The molecule has 0 nitrogen and oxygen atoms in total. The zero-order valence-electron chi connectivity index (χ0n) is 7.58. The first-order valence-corrected chi connectivity index (χ1v) is 4.55. The lowest BCUT2D eigenvalue weighted by molar-refractivity contribution is 0.312. The van der Waals surface area contributed by atoms with Gasteiger partial charge in [0.15, 0.2) is 0 Å². The van der Waals surface area contributed by atoms with Crippen molar-refractivity contribution in [2.75, 3.05) is 0 Å². The van der Waals surface area contributed by atoms with Crippen LogP contribution in [0.1, 0.15) is 47.0 Å². The molecular weight excluding hydrogens is 144 g/mol. The van der Waals surface area contributed by atoms with E-state index in [0.717, 1.165) is 6.42 Å². The lowest BCUT2D eigenvalue weighted by atomic mass is 9.85. The van der Waals surface area contributed by atoms with Gasteiger partial charge in [-0.3, -0.25) is 0 Å². The van der Waals surface area contributed by atoms with Crippen LogP contribution in [0.5, 0.6) is 0 Å². The summed E-state index contributed by atoms with van der Waals surface area (Å²) < 4.78 is 0. The molecular formula is C9H19Cl. The molecule has 0 amide bonds. The minimum absolute atomic E-state index is 0.339. The predicted octanol–water partition coefficient (Wildman–Crippen LogP) is 3.83. The van der Waals surface area contributed by atoms with Gasteiger partial charge in [0.05, 0.1) is 0 Å². The maximum atomic E-state index is 5.84. The highest BCUT2D eigenvalue weighted by Crippen LogP contribution is 2.27. The Bertz CT molecular complexity index is 84.7. The Kier molecular flexibility index (Phi) is 4.35. The summed E-state index contributed by atoms with van der Waals surface area (Å²) in [5, 5.41) is 0.339. The van der Waals surface area contributed by atoms with Crippen LogP contribution < -0.4 is 0 Å². The van der Waals surface area contributed by atoms with Crippen LogP contribution in [0.3, 0.4) is 0 Å². The molecule has 0 aliphatic heterocycles. The summed E-state index contributed by atoms with van der Waals surface area (Å²) in [4.78, 5) is 0. The van der Waals surface area contributed by atoms with Crippen molar-refractivity contribution in [1.82, 2.24) is 0 Å². The van der Waals surface area contributed by atoms with Gasteiger partial charge in [-0.1, -0.05) is 27.2 Å². The molecule has 0 aromatic rings. The minimum Gasteiger partial charge on any atom is -0.123 e. The van der Waals surface area contributed by atoms with Crippen LogP contribution in [-0.4, -0.2) is 5.38 Å². The summed E-state index contributed by atoms with van der Waals surface area (Å²) in [6.45, 7) is 8.89. The van der Waals surface area contributed by atoms with Crippen LogP contribution in [0.4, 0.5) is 0 Å². The molecule has 0 radical (unpaired) electrons. The Labute approximate surface area is 70.0 Å². The fourth-order valence-corrected chi connectivity index (χ4v) is 0.876. The second kappa shape index (κ2) is 4.23. The topological polar surface area (TPSA) is 0 Å². The van der Waals surface area contributed by atoms with E-state index >= 15 is 0 Å². The van der Waals surface area contributed by atoms with Gasteiger partial charge in [0.1, 0.15) is 0 Å². The zero-order valence-corrected chi connectivity index (χ0v) is 8.33. The molecule has 0 saturated heterocycles. The largest absolute Gasteiger partial charge is 0.123 e. The van der Waals surface area contributed by atoms with E-state index in [4.69, 9.17) is 11.6 Å². The van der Waals surface area contributed by atoms with Crippen molar-refractivity contribution in [3.63, 3.8) is 0 Å². The molecule has 0 N–H and O–H groups in total. The molecule has 0 aliphatic carbocycles. The van der Waals surface area contributed by atoms with E-state index in [2.05, 4.69) is 27.7 Å². The van der Waals surface area contributed by atoms with Crippen molar-refractivity contribution in [3.05, 3.63) is 0 Å². The molecule has 62 valence electrons. The molecule has 0 aromatic carbocycles. The number of hydrogen-bond donors (Lipinski definition) is 0. The molecule has 0 aromatic heterocycles.